The van der Waals surface area contributed by atoms with Crippen LogP contribution in [0.25, 0.3) is 11.3 Å². The predicted molar refractivity (Wildman–Crippen MR) is 160 cm³/mol. The van der Waals surface area contributed by atoms with Crippen LogP contribution in [0.15, 0.2) is 54.7 Å². The van der Waals surface area contributed by atoms with Crippen LogP contribution in [-0.2, 0) is 9.59 Å². The number of ketones is 2. The molecule has 2 aliphatic heterocycles. The highest BCUT2D eigenvalue weighted by Gasteiger charge is 2.58. The van der Waals surface area contributed by atoms with Crippen molar-refractivity contribution < 1.29 is 33.3 Å². The zero-order valence-electron chi connectivity index (χ0n) is 24.6. The molecule has 0 bridgehead atoms. The van der Waals surface area contributed by atoms with Crippen LogP contribution in [0.3, 0.4) is 0 Å². The van der Waals surface area contributed by atoms with E-state index in [-0.39, 0.29) is 24.3 Å². The Kier molecular flexibility index (Phi) is 9.79. The molecule has 0 saturated carbocycles. The van der Waals surface area contributed by atoms with Crippen LogP contribution in [0.1, 0.15) is 36.3 Å². The number of Topliss-reactive ketones (excluding diaryl/α,β-unsaturated/α-hetero) is 2. The van der Waals surface area contributed by atoms with E-state index in [0.717, 1.165) is 31.6 Å². The van der Waals surface area contributed by atoms with Gasteiger partial charge in [-0.25, -0.2) is 18.7 Å². The molecule has 1 unspecified atom stereocenters. The van der Waals surface area contributed by atoms with Crippen molar-refractivity contribution in [3.8, 4) is 23.1 Å². The van der Waals surface area contributed by atoms with Crippen LogP contribution in [0, 0.1) is 16.7 Å². The third kappa shape index (κ3) is 6.84. The number of alkyl halides is 2. The Balaban J connectivity index is 1.35. The van der Waals surface area contributed by atoms with Crippen LogP contribution in [0.4, 0.5) is 20.4 Å². The fourth-order valence-electron chi connectivity index (χ4n) is 6.00. The van der Waals surface area contributed by atoms with E-state index in [2.05, 4.69) is 44.7 Å². The Bertz CT molecular complexity index is 1550. The van der Waals surface area contributed by atoms with Gasteiger partial charge in [0.2, 0.25) is 17.5 Å². The number of carbonyl (C=O) groups excluding carboxylic acids is 2. The molecule has 1 aromatic heterocycles. The number of ether oxygens (including phenoxy) is 1. The average Bonchev–Trinajstić information content (AvgIpc) is 3.05. The molecule has 13 heteroatoms. The summed E-state index contributed by atoms with van der Waals surface area (Å²) in [6, 6.07) is 16.4. The lowest BCUT2D eigenvalue weighted by Gasteiger charge is -2.41. The molecule has 3 heterocycles. The molecule has 2 fully saturated rings. The van der Waals surface area contributed by atoms with E-state index < -0.39 is 42.3 Å². The number of likely N-dealkylation sites (tertiary alicyclic amines) is 1. The second-order valence-electron chi connectivity index (χ2n) is 11.4. The fraction of sp³-hybridized carbons (Fsp3) is 0.406. The first-order chi connectivity index (χ1) is 21.6. The standard InChI is InChI=1S/C32H34F2N6O5/c1-40-14-10-20(11-15-40)19-2-5-23(6-3-19)38-31-37-13-8-24(39-31)21-4-7-25(22(16-21)17-35)45-26-9-12-36-18-32(26,27(41)29(33)43)28(42)30(34)44/h2-8,13,16,20,26,29-30,36,43-44H,9-12,14-15,18H2,1H3,(H,37,38,39)/t26?,29-,30-/m1/s1. The molecule has 11 nitrogen and oxygen atoms in total. The normalized spacial score (nSPS) is 20.0. The number of anilines is 2. The molecular formula is C32H34F2N6O5. The monoisotopic (exact) mass is 620 g/mol. The first kappa shape index (κ1) is 32.1. The van der Waals surface area contributed by atoms with Gasteiger partial charge in [-0.1, -0.05) is 12.1 Å². The van der Waals surface area contributed by atoms with Crippen LogP contribution in [0.2, 0.25) is 0 Å². The number of hydrogen-bond acceptors (Lipinski definition) is 11. The summed E-state index contributed by atoms with van der Waals surface area (Å²) in [5, 5.41) is 34.6. The van der Waals surface area contributed by atoms with Crippen molar-refractivity contribution in [1.29, 1.82) is 5.26 Å². The van der Waals surface area contributed by atoms with Gasteiger partial charge in [-0.2, -0.15) is 5.26 Å². The van der Waals surface area contributed by atoms with Gasteiger partial charge in [0.1, 0.15) is 23.3 Å². The Hall–Kier alpha value is -4.35. The maximum atomic E-state index is 13.8. The van der Waals surface area contributed by atoms with E-state index in [1.54, 1.807) is 18.3 Å². The topological polar surface area (TPSA) is 161 Å². The van der Waals surface area contributed by atoms with Gasteiger partial charge in [0, 0.05) is 24.0 Å². The van der Waals surface area contributed by atoms with Crippen LogP contribution in [0.5, 0.6) is 5.75 Å². The lowest BCUT2D eigenvalue weighted by Crippen LogP contribution is -2.64. The zero-order chi connectivity index (χ0) is 32.1. The lowest BCUT2D eigenvalue weighted by molar-refractivity contribution is -0.169. The van der Waals surface area contributed by atoms with Gasteiger partial charge in [0.25, 0.3) is 12.7 Å². The molecule has 45 heavy (non-hydrogen) atoms. The Morgan fingerprint density at radius 3 is 2.42 bits per heavy atom. The van der Waals surface area contributed by atoms with Crippen molar-refractivity contribution in [2.75, 3.05) is 38.5 Å². The van der Waals surface area contributed by atoms with Gasteiger partial charge >= 0.3 is 0 Å². The van der Waals surface area contributed by atoms with Crippen molar-refractivity contribution in [1.82, 2.24) is 20.2 Å². The van der Waals surface area contributed by atoms with Gasteiger partial charge in [0.15, 0.2) is 0 Å². The maximum absolute atomic E-state index is 13.8. The number of piperidine rings is 2. The number of nitriles is 1. The van der Waals surface area contributed by atoms with Crippen LogP contribution >= 0.6 is 0 Å². The maximum Gasteiger partial charge on any atom is 0.257 e. The van der Waals surface area contributed by atoms with E-state index >= 15 is 0 Å². The number of nitrogens with one attached hydrogen (secondary N) is 2. The van der Waals surface area contributed by atoms with E-state index in [4.69, 9.17) is 4.74 Å². The summed E-state index contributed by atoms with van der Waals surface area (Å²) < 4.78 is 33.5. The van der Waals surface area contributed by atoms with Gasteiger partial charge in [-0.15, -0.1) is 0 Å². The van der Waals surface area contributed by atoms with Crippen molar-refractivity contribution in [2.45, 2.75) is 44.0 Å². The van der Waals surface area contributed by atoms with Crippen molar-refractivity contribution in [2.24, 2.45) is 5.41 Å². The number of aromatic nitrogens is 2. The van der Waals surface area contributed by atoms with Crippen molar-refractivity contribution in [3.63, 3.8) is 0 Å². The molecule has 2 saturated heterocycles. The highest BCUT2D eigenvalue weighted by Crippen LogP contribution is 2.37. The first-order valence-electron chi connectivity index (χ1n) is 14.7. The number of aliphatic hydroxyl groups excluding tert-OH is 2. The van der Waals surface area contributed by atoms with E-state index in [1.165, 1.54) is 17.7 Å². The minimum atomic E-state index is -3.12. The number of hydrogen-bond donors (Lipinski definition) is 4. The summed E-state index contributed by atoms with van der Waals surface area (Å²) in [5.41, 5.74) is 0.567. The summed E-state index contributed by atoms with van der Waals surface area (Å²) in [7, 11) is 2.14. The second kappa shape index (κ2) is 13.7. The zero-order valence-corrected chi connectivity index (χ0v) is 24.6. The molecule has 5 rings (SSSR count). The SMILES string of the molecule is CN1CCC(c2ccc(Nc3nccc(-c4ccc(OC5CCNCC5(C(=O)[C@@H](O)F)C(=O)[C@@H](O)F)c(C#N)c4)n3)cc2)CC1. The molecule has 0 aliphatic carbocycles. The quantitative estimate of drug-likeness (QED) is 0.247. The molecule has 3 atom stereocenters. The Morgan fingerprint density at radius 2 is 1.78 bits per heavy atom. The number of carbonyl (C=O) groups is 2. The number of rotatable bonds is 10. The number of benzene rings is 2. The summed E-state index contributed by atoms with van der Waals surface area (Å²) in [6.07, 6.45) is -3.97. The molecular weight excluding hydrogens is 586 g/mol. The third-order valence-electron chi connectivity index (χ3n) is 8.53. The predicted octanol–water partition coefficient (Wildman–Crippen LogP) is 3.01. The highest BCUT2D eigenvalue weighted by atomic mass is 19.1. The molecule has 2 aromatic carbocycles. The summed E-state index contributed by atoms with van der Waals surface area (Å²) in [6.45, 7) is 1.79. The van der Waals surface area contributed by atoms with E-state index in [1.807, 2.05) is 18.2 Å². The Morgan fingerprint density at radius 1 is 1.09 bits per heavy atom. The first-order valence-corrected chi connectivity index (χ1v) is 14.7. The van der Waals surface area contributed by atoms with Gasteiger partial charge in [-0.05, 0) is 93.8 Å². The van der Waals surface area contributed by atoms with Crippen molar-refractivity contribution >= 4 is 23.2 Å². The molecule has 2 aliphatic rings. The Labute approximate surface area is 258 Å². The van der Waals surface area contributed by atoms with E-state index in [0.29, 0.717) is 23.1 Å². The minimum Gasteiger partial charge on any atom is -0.487 e. The van der Waals surface area contributed by atoms with Crippen LogP contribution < -0.4 is 15.4 Å². The number of aliphatic hydroxyl groups is 2. The van der Waals surface area contributed by atoms with Crippen LogP contribution in [-0.4, -0.2) is 88.7 Å². The lowest BCUT2D eigenvalue weighted by atomic mass is 9.70. The summed E-state index contributed by atoms with van der Waals surface area (Å²) in [4.78, 5) is 36.6. The molecule has 236 valence electrons. The summed E-state index contributed by atoms with van der Waals surface area (Å²) in [5.74, 6) is -2.47. The smallest absolute Gasteiger partial charge is 0.257 e. The number of nitrogens with zero attached hydrogens (tertiary/aromatic N) is 4. The molecule has 3 aromatic rings. The number of halogens is 2. The average molecular weight is 621 g/mol. The molecule has 0 radical (unpaired) electrons. The second-order valence-corrected chi connectivity index (χ2v) is 11.4. The highest BCUT2D eigenvalue weighted by molar-refractivity contribution is 6.10. The molecule has 0 amide bonds. The molecule has 0 spiro atoms. The third-order valence-corrected chi connectivity index (χ3v) is 8.53. The van der Waals surface area contributed by atoms with Gasteiger partial charge < -0.3 is 30.5 Å². The summed E-state index contributed by atoms with van der Waals surface area (Å²) >= 11 is 0. The minimum absolute atomic E-state index is 0.000888. The van der Waals surface area contributed by atoms with Crippen molar-refractivity contribution in [3.05, 3.63) is 65.9 Å². The molecule has 4 N–H and O–H groups in total. The fourth-order valence-corrected chi connectivity index (χ4v) is 6.00. The van der Waals surface area contributed by atoms with Gasteiger partial charge in [-0.3, -0.25) is 9.59 Å². The van der Waals surface area contributed by atoms with E-state index in [9.17, 15) is 33.8 Å². The largest absolute Gasteiger partial charge is 0.487 e. The van der Waals surface area contributed by atoms with Gasteiger partial charge in [0.05, 0.1) is 11.3 Å².